The molecule has 0 bridgehead atoms. The molecule has 1 aromatic heterocycles. The van der Waals surface area contributed by atoms with Crippen molar-refractivity contribution in [1.29, 1.82) is 0 Å². The smallest absolute Gasteiger partial charge is 0.241 e. The number of likely N-dealkylation sites (N-methyl/N-ethyl adjacent to an activating group) is 1. The van der Waals surface area contributed by atoms with E-state index in [1.807, 2.05) is 31.3 Å². The zero-order valence-electron chi connectivity index (χ0n) is 11.2. The summed E-state index contributed by atoms with van der Waals surface area (Å²) in [5.41, 5.74) is 8.46. The maximum atomic E-state index is 11.7. The van der Waals surface area contributed by atoms with Crippen LogP contribution < -0.4 is 10.6 Å². The van der Waals surface area contributed by atoms with Crippen LogP contribution in [0.5, 0.6) is 0 Å². The fraction of sp³-hybridized carbons (Fsp3) is 0.286. The summed E-state index contributed by atoms with van der Waals surface area (Å²) in [5, 5.41) is 3.67. The molecule has 20 heavy (non-hydrogen) atoms. The quantitative estimate of drug-likeness (QED) is 0.889. The van der Waals surface area contributed by atoms with Crippen LogP contribution in [0.3, 0.4) is 0 Å². The number of anilines is 2. The van der Waals surface area contributed by atoms with Crippen molar-refractivity contribution in [3.05, 3.63) is 30.5 Å². The van der Waals surface area contributed by atoms with Crippen LogP contribution in [0.25, 0.3) is 11.1 Å². The molecule has 1 aromatic carbocycles. The number of aromatic nitrogens is 1. The van der Waals surface area contributed by atoms with E-state index in [0.717, 1.165) is 29.9 Å². The van der Waals surface area contributed by atoms with Crippen molar-refractivity contribution in [2.75, 3.05) is 37.3 Å². The molecule has 104 valence electrons. The maximum absolute atomic E-state index is 11.7. The second-order valence-electron chi connectivity index (χ2n) is 4.89. The van der Waals surface area contributed by atoms with Crippen molar-refractivity contribution in [2.24, 2.45) is 0 Å². The van der Waals surface area contributed by atoms with E-state index in [0.29, 0.717) is 12.4 Å². The lowest BCUT2D eigenvalue weighted by molar-refractivity contribution is -0.129. The summed E-state index contributed by atoms with van der Waals surface area (Å²) in [6.45, 7) is 2.02. The van der Waals surface area contributed by atoms with Gasteiger partial charge in [0.25, 0.3) is 0 Å². The second kappa shape index (κ2) is 4.88. The topological polar surface area (TPSA) is 75.6 Å². The molecule has 1 saturated heterocycles. The predicted octanol–water partition coefficient (Wildman–Crippen LogP) is 1.20. The van der Waals surface area contributed by atoms with E-state index in [1.54, 1.807) is 11.1 Å². The number of hydrogen-bond donors (Lipinski definition) is 1. The van der Waals surface area contributed by atoms with E-state index in [1.165, 1.54) is 0 Å². The predicted molar refractivity (Wildman–Crippen MR) is 76.2 cm³/mol. The van der Waals surface area contributed by atoms with Gasteiger partial charge in [-0.3, -0.25) is 4.79 Å². The zero-order chi connectivity index (χ0) is 14.1. The lowest BCUT2D eigenvalue weighted by atomic mass is 10.1. The number of nitrogen functional groups attached to an aromatic ring is 1. The Kier molecular flexibility index (Phi) is 3.06. The number of rotatable bonds is 2. The molecule has 1 aliphatic heterocycles. The van der Waals surface area contributed by atoms with Crippen molar-refractivity contribution in [1.82, 2.24) is 10.1 Å². The highest BCUT2D eigenvalue weighted by molar-refractivity contribution is 5.83. The summed E-state index contributed by atoms with van der Waals surface area (Å²) in [7, 11) is 1.83. The van der Waals surface area contributed by atoms with Crippen LogP contribution in [-0.4, -0.2) is 42.6 Å². The Morgan fingerprint density at radius 1 is 1.25 bits per heavy atom. The molecule has 1 amide bonds. The Morgan fingerprint density at radius 2 is 2.00 bits per heavy atom. The number of piperazine rings is 1. The van der Waals surface area contributed by atoms with Gasteiger partial charge in [0.1, 0.15) is 0 Å². The summed E-state index contributed by atoms with van der Waals surface area (Å²) < 4.78 is 4.86. The van der Waals surface area contributed by atoms with Gasteiger partial charge in [-0.25, -0.2) is 0 Å². The number of benzene rings is 1. The first-order valence-electron chi connectivity index (χ1n) is 6.44. The summed E-state index contributed by atoms with van der Waals surface area (Å²) in [4.78, 5) is 15.5. The van der Waals surface area contributed by atoms with Gasteiger partial charge in [0, 0.05) is 25.8 Å². The highest BCUT2D eigenvalue weighted by Gasteiger charge is 2.21. The van der Waals surface area contributed by atoms with E-state index in [-0.39, 0.29) is 5.91 Å². The average Bonchev–Trinajstić information content (AvgIpc) is 2.88. The minimum absolute atomic E-state index is 0.142. The number of nitrogens with two attached hydrogens (primary N) is 1. The molecule has 2 aromatic rings. The largest absolute Gasteiger partial charge is 0.367 e. The lowest BCUT2D eigenvalue weighted by Gasteiger charge is -2.33. The highest BCUT2D eigenvalue weighted by atomic mass is 16.5. The van der Waals surface area contributed by atoms with E-state index >= 15 is 0 Å². The fourth-order valence-electron chi connectivity index (χ4n) is 2.30. The van der Waals surface area contributed by atoms with E-state index in [2.05, 4.69) is 10.1 Å². The summed E-state index contributed by atoms with van der Waals surface area (Å²) in [6, 6.07) is 7.89. The molecular weight excluding hydrogens is 256 g/mol. The molecule has 0 radical (unpaired) electrons. The van der Waals surface area contributed by atoms with Crippen LogP contribution in [0.1, 0.15) is 0 Å². The average molecular weight is 272 g/mol. The Hall–Kier alpha value is -2.50. The third kappa shape index (κ3) is 2.20. The standard InChI is InChI=1S/C14H16N4O2/c1-17-6-7-18(9-13(17)19)11-4-2-10(3-5-11)12-8-16-20-14(12)15/h2-5,8H,6-7,9,15H2,1H3. The molecule has 6 heteroatoms. The van der Waals surface area contributed by atoms with Crippen molar-refractivity contribution in [3.63, 3.8) is 0 Å². The molecule has 0 unspecified atom stereocenters. The van der Waals surface area contributed by atoms with Crippen LogP contribution in [0.4, 0.5) is 11.6 Å². The zero-order valence-corrected chi connectivity index (χ0v) is 11.2. The van der Waals surface area contributed by atoms with Gasteiger partial charge < -0.3 is 20.1 Å². The van der Waals surface area contributed by atoms with Crippen molar-refractivity contribution < 1.29 is 9.32 Å². The molecule has 1 fully saturated rings. The molecule has 2 heterocycles. The normalized spacial score (nSPS) is 15.8. The lowest BCUT2D eigenvalue weighted by Crippen LogP contribution is -2.48. The molecule has 1 aliphatic rings. The van der Waals surface area contributed by atoms with Crippen LogP contribution >= 0.6 is 0 Å². The van der Waals surface area contributed by atoms with Gasteiger partial charge in [-0.05, 0) is 17.7 Å². The minimum atomic E-state index is 0.142. The van der Waals surface area contributed by atoms with Gasteiger partial charge >= 0.3 is 0 Å². The van der Waals surface area contributed by atoms with Gasteiger partial charge in [0.2, 0.25) is 11.8 Å². The number of carbonyl (C=O) groups excluding carboxylic acids is 1. The molecule has 2 N–H and O–H groups in total. The highest BCUT2D eigenvalue weighted by Crippen LogP contribution is 2.27. The second-order valence-corrected chi connectivity index (χ2v) is 4.89. The van der Waals surface area contributed by atoms with Crippen molar-refractivity contribution >= 4 is 17.5 Å². The number of amides is 1. The summed E-state index contributed by atoms with van der Waals surface area (Å²) >= 11 is 0. The van der Waals surface area contributed by atoms with E-state index in [4.69, 9.17) is 10.3 Å². The van der Waals surface area contributed by atoms with E-state index in [9.17, 15) is 4.79 Å². The van der Waals surface area contributed by atoms with E-state index < -0.39 is 0 Å². The van der Waals surface area contributed by atoms with Gasteiger partial charge in [-0.15, -0.1) is 0 Å². The number of carbonyl (C=O) groups is 1. The Labute approximate surface area is 116 Å². The molecule has 3 rings (SSSR count). The molecule has 0 aliphatic carbocycles. The molecular formula is C14H16N4O2. The first kappa shape index (κ1) is 12.5. The Balaban J connectivity index is 1.80. The third-order valence-corrected chi connectivity index (χ3v) is 3.60. The van der Waals surface area contributed by atoms with Crippen LogP contribution in [-0.2, 0) is 4.79 Å². The van der Waals surface area contributed by atoms with Crippen molar-refractivity contribution in [2.45, 2.75) is 0 Å². The minimum Gasteiger partial charge on any atom is -0.367 e. The maximum Gasteiger partial charge on any atom is 0.241 e. The Bertz CT molecular complexity index is 620. The van der Waals surface area contributed by atoms with Crippen LogP contribution in [0.2, 0.25) is 0 Å². The SMILES string of the molecule is CN1CCN(c2ccc(-c3cnoc3N)cc2)CC1=O. The van der Waals surface area contributed by atoms with Crippen LogP contribution in [0.15, 0.2) is 35.0 Å². The fourth-order valence-corrected chi connectivity index (χ4v) is 2.30. The van der Waals surface area contributed by atoms with Crippen LogP contribution in [0, 0.1) is 0 Å². The monoisotopic (exact) mass is 272 g/mol. The summed E-state index contributed by atoms with van der Waals surface area (Å²) in [5.74, 6) is 0.455. The molecule has 0 atom stereocenters. The molecule has 0 spiro atoms. The van der Waals surface area contributed by atoms with Gasteiger partial charge in [-0.1, -0.05) is 17.3 Å². The van der Waals surface area contributed by atoms with Gasteiger partial charge in [-0.2, -0.15) is 0 Å². The van der Waals surface area contributed by atoms with Crippen molar-refractivity contribution in [3.8, 4) is 11.1 Å². The first-order valence-corrected chi connectivity index (χ1v) is 6.44. The first-order chi connectivity index (χ1) is 9.65. The van der Waals surface area contributed by atoms with Gasteiger partial charge in [0.05, 0.1) is 18.3 Å². The molecule has 6 nitrogen and oxygen atoms in total. The Morgan fingerprint density at radius 3 is 2.60 bits per heavy atom. The number of hydrogen-bond acceptors (Lipinski definition) is 5. The van der Waals surface area contributed by atoms with Gasteiger partial charge in [0.15, 0.2) is 0 Å². The number of nitrogens with zero attached hydrogens (tertiary/aromatic N) is 3. The summed E-state index contributed by atoms with van der Waals surface area (Å²) in [6.07, 6.45) is 1.60. The third-order valence-electron chi connectivity index (χ3n) is 3.60. The molecule has 0 saturated carbocycles.